The molecule has 1 heterocycles. The maximum Gasteiger partial charge on any atom is 0.332 e. The molecule has 2 atom stereocenters. The summed E-state index contributed by atoms with van der Waals surface area (Å²) in [6.45, 7) is 4.27. The van der Waals surface area contributed by atoms with Crippen molar-refractivity contribution in [2.24, 2.45) is 25.9 Å². The molecule has 126 valence electrons. The van der Waals surface area contributed by atoms with Gasteiger partial charge in [-0.15, -0.1) is 0 Å². The van der Waals surface area contributed by atoms with Crippen LogP contribution < -0.4 is 16.6 Å². The molecule has 1 saturated carbocycles. The van der Waals surface area contributed by atoms with E-state index in [1.165, 1.54) is 43.7 Å². The molecule has 1 fully saturated rings. The van der Waals surface area contributed by atoms with Crippen LogP contribution in [0.5, 0.6) is 0 Å². The van der Waals surface area contributed by atoms with Crippen molar-refractivity contribution in [3.05, 3.63) is 26.4 Å². The van der Waals surface area contributed by atoms with Crippen molar-refractivity contribution in [3.8, 4) is 6.07 Å². The number of nitrogens with one attached hydrogen (secondary N) is 1. The molecular formula is C17H26N4O2. The van der Waals surface area contributed by atoms with Crippen molar-refractivity contribution >= 4 is 5.82 Å². The zero-order chi connectivity index (χ0) is 17.1. The zero-order valence-corrected chi connectivity index (χ0v) is 14.4. The van der Waals surface area contributed by atoms with E-state index in [4.69, 9.17) is 0 Å². The highest BCUT2D eigenvalue weighted by molar-refractivity contribution is 5.51. The van der Waals surface area contributed by atoms with E-state index in [0.717, 1.165) is 4.57 Å². The largest absolute Gasteiger partial charge is 0.367 e. The van der Waals surface area contributed by atoms with Gasteiger partial charge in [-0.25, -0.2) is 4.79 Å². The summed E-state index contributed by atoms with van der Waals surface area (Å²) in [5.41, 5.74) is -0.970. The Morgan fingerprint density at radius 2 is 1.74 bits per heavy atom. The molecule has 0 radical (unpaired) electrons. The van der Waals surface area contributed by atoms with E-state index in [0.29, 0.717) is 17.7 Å². The lowest BCUT2D eigenvalue weighted by Crippen LogP contribution is -2.41. The van der Waals surface area contributed by atoms with Gasteiger partial charge in [-0.1, -0.05) is 39.0 Å². The molecule has 6 nitrogen and oxygen atoms in total. The Labute approximate surface area is 136 Å². The Kier molecular flexibility index (Phi) is 5.30. The van der Waals surface area contributed by atoms with Crippen LogP contribution in [0.2, 0.25) is 0 Å². The van der Waals surface area contributed by atoms with Crippen LogP contribution in [0.4, 0.5) is 5.82 Å². The molecule has 1 aromatic rings. The maximum absolute atomic E-state index is 12.1. The minimum absolute atomic E-state index is 0.00251. The smallest absolute Gasteiger partial charge is 0.332 e. The van der Waals surface area contributed by atoms with Crippen molar-refractivity contribution in [2.45, 2.75) is 52.0 Å². The highest BCUT2D eigenvalue weighted by atomic mass is 16.2. The lowest BCUT2D eigenvalue weighted by molar-refractivity contribution is 0.245. The van der Waals surface area contributed by atoms with Crippen LogP contribution in [0.1, 0.15) is 51.5 Å². The first kappa shape index (κ1) is 17.3. The number of nitriles is 1. The Hall–Kier alpha value is -2.03. The predicted molar refractivity (Wildman–Crippen MR) is 90.5 cm³/mol. The normalized spacial score (nSPS) is 18.2. The van der Waals surface area contributed by atoms with Gasteiger partial charge in [-0.05, 0) is 18.8 Å². The van der Waals surface area contributed by atoms with Gasteiger partial charge in [0.25, 0.3) is 5.56 Å². The molecule has 0 amide bonds. The third-order valence-electron chi connectivity index (χ3n) is 5.32. The first-order chi connectivity index (χ1) is 10.9. The second kappa shape index (κ2) is 7.03. The lowest BCUT2D eigenvalue weighted by Gasteiger charge is -2.33. The minimum atomic E-state index is -0.546. The number of rotatable bonds is 4. The molecule has 2 unspecified atom stereocenters. The van der Waals surface area contributed by atoms with Crippen molar-refractivity contribution in [3.63, 3.8) is 0 Å². The molecule has 23 heavy (non-hydrogen) atoms. The highest BCUT2D eigenvalue weighted by Crippen LogP contribution is 2.32. The highest BCUT2D eigenvalue weighted by Gasteiger charge is 2.26. The molecule has 0 aliphatic heterocycles. The first-order valence-corrected chi connectivity index (χ1v) is 8.35. The fourth-order valence-corrected chi connectivity index (χ4v) is 3.53. The molecule has 0 saturated heterocycles. The number of nitrogens with zero attached hydrogens (tertiary/aromatic N) is 3. The SMILES string of the molecule is CC(Nc1c(C#N)c(=O)n(C)c(=O)n1C)C(C)C1CCCCC1. The van der Waals surface area contributed by atoms with Crippen molar-refractivity contribution in [1.29, 1.82) is 5.26 Å². The molecular weight excluding hydrogens is 292 g/mol. The van der Waals surface area contributed by atoms with Crippen LogP contribution in [0.15, 0.2) is 9.59 Å². The summed E-state index contributed by atoms with van der Waals surface area (Å²) in [4.78, 5) is 24.2. The number of anilines is 1. The average molecular weight is 318 g/mol. The number of hydrogen-bond donors (Lipinski definition) is 1. The molecule has 6 heteroatoms. The molecule has 2 rings (SSSR count). The van der Waals surface area contributed by atoms with Crippen LogP contribution in [0, 0.1) is 23.2 Å². The van der Waals surface area contributed by atoms with Crippen LogP contribution in [-0.2, 0) is 14.1 Å². The topological polar surface area (TPSA) is 79.8 Å². The van der Waals surface area contributed by atoms with E-state index in [9.17, 15) is 14.9 Å². The summed E-state index contributed by atoms with van der Waals surface area (Å²) in [6, 6.07) is 2.03. The van der Waals surface area contributed by atoms with Crippen LogP contribution >= 0.6 is 0 Å². The van der Waals surface area contributed by atoms with Gasteiger partial charge in [0, 0.05) is 20.1 Å². The Balaban J connectivity index is 2.31. The van der Waals surface area contributed by atoms with Crippen molar-refractivity contribution in [1.82, 2.24) is 9.13 Å². The van der Waals surface area contributed by atoms with Crippen LogP contribution in [-0.4, -0.2) is 15.2 Å². The summed E-state index contributed by atoms with van der Waals surface area (Å²) >= 11 is 0. The summed E-state index contributed by atoms with van der Waals surface area (Å²) in [5.74, 6) is 1.40. The molecule has 1 N–H and O–H groups in total. The van der Waals surface area contributed by atoms with E-state index in [2.05, 4.69) is 19.2 Å². The third-order valence-corrected chi connectivity index (χ3v) is 5.32. The van der Waals surface area contributed by atoms with E-state index in [1.54, 1.807) is 7.05 Å². The number of hydrogen-bond acceptors (Lipinski definition) is 4. The van der Waals surface area contributed by atoms with Gasteiger partial charge in [-0.3, -0.25) is 13.9 Å². The second-order valence-corrected chi connectivity index (χ2v) is 6.73. The molecule has 1 aliphatic rings. The lowest BCUT2D eigenvalue weighted by atomic mass is 9.78. The summed E-state index contributed by atoms with van der Waals surface area (Å²) in [5, 5.41) is 12.6. The monoisotopic (exact) mass is 318 g/mol. The maximum atomic E-state index is 12.1. The summed E-state index contributed by atoms with van der Waals surface area (Å²) in [6.07, 6.45) is 6.32. The fourth-order valence-electron chi connectivity index (χ4n) is 3.53. The van der Waals surface area contributed by atoms with Gasteiger partial charge < -0.3 is 5.32 Å². The van der Waals surface area contributed by atoms with E-state index < -0.39 is 11.2 Å². The van der Waals surface area contributed by atoms with E-state index in [-0.39, 0.29) is 11.6 Å². The first-order valence-electron chi connectivity index (χ1n) is 8.35. The molecule has 0 aromatic carbocycles. The quantitative estimate of drug-likeness (QED) is 0.920. The van der Waals surface area contributed by atoms with Gasteiger partial charge in [0.2, 0.25) is 0 Å². The summed E-state index contributed by atoms with van der Waals surface area (Å²) in [7, 11) is 2.98. The van der Waals surface area contributed by atoms with E-state index >= 15 is 0 Å². The Morgan fingerprint density at radius 1 is 1.13 bits per heavy atom. The van der Waals surface area contributed by atoms with Crippen molar-refractivity contribution in [2.75, 3.05) is 5.32 Å². The van der Waals surface area contributed by atoms with Crippen molar-refractivity contribution < 1.29 is 0 Å². The molecule has 0 spiro atoms. The standard InChI is InChI=1S/C17H26N4O2/c1-11(13-8-6-5-7-9-13)12(2)19-15-14(10-18)16(22)21(4)17(23)20(15)3/h11-13,19H,5-9H2,1-4H3. The van der Waals surface area contributed by atoms with Crippen LogP contribution in [0.25, 0.3) is 0 Å². The predicted octanol–water partition coefficient (Wildman–Crippen LogP) is 1.97. The van der Waals surface area contributed by atoms with Gasteiger partial charge in [0.1, 0.15) is 11.9 Å². The van der Waals surface area contributed by atoms with Gasteiger partial charge >= 0.3 is 5.69 Å². The van der Waals surface area contributed by atoms with Gasteiger partial charge in [-0.2, -0.15) is 5.26 Å². The summed E-state index contributed by atoms with van der Waals surface area (Å²) < 4.78 is 2.32. The second-order valence-electron chi connectivity index (χ2n) is 6.73. The van der Waals surface area contributed by atoms with Gasteiger partial charge in [0.15, 0.2) is 5.56 Å². The Bertz CT molecular complexity index is 720. The third kappa shape index (κ3) is 3.34. The molecule has 1 aliphatic carbocycles. The fraction of sp³-hybridized carbons (Fsp3) is 0.706. The Morgan fingerprint density at radius 3 is 2.30 bits per heavy atom. The minimum Gasteiger partial charge on any atom is -0.367 e. The molecule has 1 aromatic heterocycles. The van der Waals surface area contributed by atoms with E-state index in [1.807, 2.05) is 6.07 Å². The van der Waals surface area contributed by atoms with Gasteiger partial charge in [0.05, 0.1) is 0 Å². The van der Waals surface area contributed by atoms with Crippen LogP contribution in [0.3, 0.4) is 0 Å². The number of aromatic nitrogens is 2. The average Bonchev–Trinajstić information content (AvgIpc) is 2.58. The molecule has 0 bridgehead atoms. The zero-order valence-electron chi connectivity index (χ0n) is 14.4.